The van der Waals surface area contributed by atoms with Gasteiger partial charge in [-0.1, -0.05) is 31.2 Å². The van der Waals surface area contributed by atoms with E-state index >= 15 is 0 Å². The van der Waals surface area contributed by atoms with Gasteiger partial charge in [0, 0.05) is 39.0 Å². The van der Waals surface area contributed by atoms with Crippen molar-refractivity contribution in [1.29, 1.82) is 0 Å². The third-order valence-electron chi connectivity index (χ3n) is 4.08. The zero-order valence-electron chi connectivity index (χ0n) is 15.2. The molecule has 24 heavy (non-hydrogen) atoms. The molecule has 5 nitrogen and oxygen atoms in total. The number of hydrogen-bond donors (Lipinski definition) is 2. The van der Waals surface area contributed by atoms with Gasteiger partial charge in [0.25, 0.3) is 0 Å². The molecule has 0 radical (unpaired) electrons. The molecule has 1 fully saturated rings. The smallest absolute Gasteiger partial charge is 0.221 e. The minimum Gasteiger partial charge on any atom is -0.356 e. The summed E-state index contributed by atoms with van der Waals surface area (Å²) < 4.78 is 0. The van der Waals surface area contributed by atoms with Crippen LogP contribution in [0.15, 0.2) is 24.3 Å². The van der Waals surface area contributed by atoms with Gasteiger partial charge in [0.15, 0.2) is 0 Å². The quantitative estimate of drug-likeness (QED) is 0.776. The molecule has 2 N–H and O–H groups in total. The standard InChI is InChI=1S/C19H33N3O2/c1-3-4-5-6-7-11-18-16-19(24)21-13-10-15-22(17(2)23)14-9-8-12-20-18/h4-5,7,11,18,20H,3,6,8-10,12-16H2,1-2H3,(H,21,24)/b5-4-,11-7-/t18-/m0/s1. The van der Waals surface area contributed by atoms with Crippen LogP contribution in [0.25, 0.3) is 0 Å². The summed E-state index contributed by atoms with van der Waals surface area (Å²) in [4.78, 5) is 25.5. The molecule has 0 aliphatic carbocycles. The molecule has 1 atom stereocenters. The van der Waals surface area contributed by atoms with Crippen LogP contribution in [0.1, 0.15) is 52.4 Å². The van der Waals surface area contributed by atoms with E-state index in [4.69, 9.17) is 0 Å². The van der Waals surface area contributed by atoms with Gasteiger partial charge in [-0.2, -0.15) is 0 Å². The van der Waals surface area contributed by atoms with Crippen LogP contribution >= 0.6 is 0 Å². The van der Waals surface area contributed by atoms with E-state index in [2.05, 4.69) is 41.9 Å². The molecule has 136 valence electrons. The SMILES string of the molecule is CC/C=C\C/C=C\[C@H]1CC(=O)NCCCN(C(C)=O)CCCCN1. The molecule has 5 heteroatoms. The topological polar surface area (TPSA) is 61.4 Å². The Hall–Kier alpha value is -1.62. The molecule has 0 unspecified atom stereocenters. The second-order valence-corrected chi connectivity index (χ2v) is 6.22. The minimum atomic E-state index is 0.0647. The zero-order chi connectivity index (χ0) is 17.6. The summed E-state index contributed by atoms with van der Waals surface area (Å²) in [5, 5.41) is 6.40. The lowest BCUT2D eigenvalue weighted by molar-refractivity contribution is -0.129. The first-order valence-electron chi connectivity index (χ1n) is 9.20. The van der Waals surface area contributed by atoms with Gasteiger partial charge in [-0.05, 0) is 38.6 Å². The second-order valence-electron chi connectivity index (χ2n) is 6.22. The Morgan fingerprint density at radius 3 is 2.71 bits per heavy atom. The molecular formula is C19H33N3O2. The van der Waals surface area contributed by atoms with Crippen LogP contribution in [-0.2, 0) is 9.59 Å². The summed E-state index contributed by atoms with van der Waals surface area (Å²) in [7, 11) is 0. The van der Waals surface area contributed by atoms with Gasteiger partial charge in [-0.3, -0.25) is 9.59 Å². The lowest BCUT2D eigenvalue weighted by Crippen LogP contribution is -2.35. The Kier molecular flexibility index (Phi) is 10.9. The van der Waals surface area contributed by atoms with Crippen LogP contribution < -0.4 is 10.6 Å². The van der Waals surface area contributed by atoms with Crippen molar-refractivity contribution in [3.63, 3.8) is 0 Å². The molecule has 0 aromatic carbocycles. The third kappa shape index (κ3) is 9.50. The first-order valence-corrected chi connectivity index (χ1v) is 9.20. The van der Waals surface area contributed by atoms with Gasteiger partial charge >= 0.3 is 0 Å². The number of rotatable bonds is 4. The molecule has 2 amide bonds. The summed E-state index contributed by atoms with van der Waals surface area (Å²) >= 11 is 0. The van der Waals surface area contributed by atoms with Crippen molar-refractivity contribution in [1.82, 2.24) is 15.5 Å². The average Bonchev–Trinajstić information content (AvgIpc) is 2.56. The summed E-state index contributed by atoms with van der Waals surface area (Å²) in [6.07, 6.45) is 13.7. The highest BCUT2D eigenvalue weighted by atomic mass is 16.2. The van der Waals surface area contributed by atoms with Crippen molar-refractivity contribution < 1.29 is 9.59 Å². The molecule has 1 saturated heterocycles. The van der Waals surface area contributed by atoms with E-state index in [1.807, 2.05) is 4.90 Å². The largest absolute Gasteiger partial charge is 0.356 e. The van der Waals surface area contributed by atoms with Crippen molar-refractivity contribution in [2.75, 3.05) is 26.2 Å². The average molecular weight is 335 g/mol. The maximum absolute atomic E-state index is 12.1. The molecule has 1 rings (SSSR count). The van der Waals surface area contributed by atoms with Crippen LogP contribution in [0.4, 0.5) is 0 Å². The zero-order valence-corrected chi connectivity index (χ0v) is 15.2. The predicted molar refractivity (Wildman–Crippen MR) is 98.7 cm³/mol. The predicted octanol–water partition coefficient (Wildman–Crippen LogP) is 2.40. The van der Waals surface area contributed by atoms with Crippen LogP contribution in [0, 0.1) is 0 Å². The van der Waals surface area contributed by atoms with Crippen molar-refractivity contribution in [2.24, 2.45) is 0 Å². The van der Waals surface area contributed by atoms with Gasteiger partial charge in [-0.15, -0.1) is 0 Å². The molecule has 1 heterocycles. The number of hydrogen-bond acceptors (Lipinski definition) is 3. The number of amides is 2. The monoisotopic (exact) mass is 335 g/mol. The maximum Gasteiger partial charge on any atom is 0.221 e. The lowest BCUT2D eigenvalue weighted by Gasteiger charge is -2.20. The van der Waals surface area contributed by atoms with Crippen LogP contribution in [0.2, 0.25) is 0 Å². The molecule has 1 aliphatic heterocycles. The highest BCUT2D eigenvalue weighted by Crippen LogP contribution is 2.02. The normalized spacial score (nSPS) is 22.0. The van der Waals surface area contributed by atoms with Crippen molar-refractivity contribution >= 4 is 11.8 Å². The van der Waals surface area contributed by atoms with Crippen LogP contribution in [0.3, 0.4) is 0 Å². The maximum atomic E-state index is 12.1. The van der Waals surface area contributed by atoms with E-state index in [0.717, 1.165) is 51.7 Å². The molecule has 0 bridgehead atoms. The van der Waals surface area contributed by atoms with Crippen molar-refractivity contribution in [2.45, 2.75) is 58.4 Å². The number of allylic oxidation sites excluding steroid dienone is 3. The fraction of sp³-hybridized carbons (Fsp3) is 0.684. The number of carbonyl (C=O) groups is 2. The number of nitrogens with one attached hydrogen (secondary N) is 2. The summed E-state index contributed by atoms with van der Waals surface area (Å²) in [5.74, 6) is 0.181. The molecule has 0 aromatic heterocycles. The van der Waals surface area contributed by atoms with E-state index in [0.29, 0.717) is 13.0 Å². The van der Waals surface area contributed by atoms with Gasteiger partial charge in [-0.25, -0.2) is 0 Å². The lowest BCUT2D eigenvalue weighted by atomic mass is 10.1. The van der Waals surface area contributed by atoms with Gasteiger partial charge in [0.2, 0.25) is 11.8 Å². The van der Waals surface area contributed by atoms with Crippen molar-refractivity contribution in [3.8, 4) is 0 Å². The Morgan fingerprint density at radius 2 is 1.96 bits per heavy atom. The van der Waals surface area contributed by atoms with Gasteiger partial charge in [0.05, 0.1) is 0 Å². The Balaban J connectivity index is 2.53. The third-order valence-corrected chi connectivity index (χ3v) is 4.08. The Bertz CT molecular complexity index is 432. The molecule has 0 spiro atoms. The van der Waals surface area contributed by atoms with E-state index in [1.54, 1.807) is 6.92 Å². The van der Waals surface area contributed by atoms with Gasteiger partial charge in [0.1, 0.15) is 0 Å². The fourth-order valence-electron chi connectivity index (χ4n) is 2.70. The molecule has 0 saturated carbocycles. The molecule has 0 aromatic rings. The van der Waals surface area contributed by atoms with Crippen LogP contribution in [0.5, 0.6) is 0 Å². The summed E-state index contributed by atoms with van der Waals surface area (Å²) in [5.41, 5.74) is 0. The van der Waals surface area contributed by atoms with Gasteiger partial charge < -0.3 is 15.5 Å². The minimum absolute atomic E-state index is 0.0647. The molecular weight excluding hydrogens is 302 g/mol. The van der Waals surface area contributed by atoms with E-state index in [-0.39, 0.29) is 17.9 Å². The van der Waals surface area contributed by atoms with Crippen LogP contribution in [-0.4, -0.2) is 48.9 Å². The van der Waals surface area contributed by atoms with Crippen molar-refractivity contribution in [3.05, 3.63) is 24.3 Å². The van der Waals surface area contributed by atoms with E-state index in [1.165, 1.54) is 0 Å². The Morgan fingerprint density at radius 1 is 1.17 bits per heavy atom. The second kappa shape index (κ2) is 12.8. The summed E-state index contributed by atoms with van der Waals surface area (Å²) in [6.45, 7) is 6.73. The highest BCUT2D eigenvalue weighted by Gasteiger charge is 2.13. The van der Waals surface area contributed by atoms with E-state index in [9.17, 15) is 9.59 Å². The first-order chi connectivity index (χ1) is 11.6. The van der Waals surface area contributed by atoms with E-state index < -0.39 is 0 Å². The number of nitrogens with zero attached hydrogens (tertiary/aromatic N) is 1. The fourth-order valence-corrected chi connectivity index (χ4v) is 2.70. The Labute approximate surface area is 146 Å². The number of carbonyl (C=O) groups excluding carboxylic acids is 2. The molecule has 1 aliphatic rings. The summed E-state index contributed by atoms with van der Waals surface area (Å²) in [6, 6.07) is 0.0738. The highest BCUT2D eigenvalue weighted by molar-refractivity contribution is 5.76. The first kappa shape index (κ1) is 20.4.